The summed E-state index contributed by atoms with van der Waals surface area (Å²) in [5.41, 5.74) is -7.34. The normalized spacial score (nSPS) is 20.7. The largest absolute Gasteiger partial charge is 0.436 e. The van der Waals surface area contributed by atoms with Crippen LogP contribution in [0.5, 0.6) is 0 Å². The molecule has 0 aromatic heterocycles. The van der Waals surface area contributed by atoms with Gasteiger partial charge in [0.1, 0.15) is 5.84 Å². The fraction of sp³-hybridized carbons (Fsp3) is 0.778. The van der Waals surface area contributed by atoms with Gasteiger partial charge in [-0.3, -0.25) is 4.79 Å². The minimum absolute atomic E-state index is 0.502. The number of nitrogens with one attached hydrogen (secondary N) is 2. The molecule has 0 aromatic rings. The van der Waals surface area contributed by atoms with Gasteiger partial charge in [-0.2, -0.15) is 52.7 Å². The first kappa shape index (κ1) is 22.3. The molecule has 0 aliphatic carbocycles. The first-order valence-electron chi connectivity index (χ1n) is 5.93. The Bertz CT molecular complexity index is 570. The third-order valence-corrected chi connectivity index (χ3v) is 3.12. The Labute approximate surface area is 134 Å². The van der Waals surface area contributed by atoms with Crippen LogP contribution in [0.4, 0.5) is 52.7 Å². The summed E-state index contributed by atoms with van der Waals surface area (Å²) in [6, 6.07) is 0. The molecule has 0 unspecified atom stereocenters. The predicted molar refractivity (Wildman–Crippen MR) is 57.4 cm³/mol. The van der Waals surface area contributed by atoms with E-state index in [0.29, 0.717) is 5.32 Å². The van der Waals surface area contributed by atoms with Crippen LogP contribution < -0.4 is 16.4 Å². The second-order valence-corrected chi connectivity index (χ2v) is 4.79. The van der Waals surface area contributed by atoms with E-state index in [1.807, 2.05) is 0 Å². The minimum atomic E-state index is -6.82. The van der Waals surface area contributed by atoms with Crippen LogP contribution in [0, 0.1) is 0 Å². The second-order valence-electron chi connectivity index (χ2n) is 4.79. The lowest BCUT2D eigenvalue weighted by molar-refractivity contribution is -0.333. The highest BCUT2D eigenvalue weighted by Gasteiger charge is 2.86. The Hall–Kier alpha value is -1.78. The van der Waals surface area contributed by atoms with Crippen molar-refractivity contribution in [3.8, 4) is 0 Å². The van der Waals surface area contributed by atoms with Crippen molar-refractivity contribution in [2.75, 3.05) is 6.54 Å². The third-order valence-electron chi connectivity index (χ3n) is 3.12. The average Bonchev–Trinajstić information content (AvgIpc) is 2.74. The second kappa shape index (κ2) is 5.86. The molecule has 26 heavy (non-hydrogen) atoms. The van der Waals surface area contributed by atoms with E-state index in [-0.39, 0.29) is 0 Å². The average molecular weight is 414 g/mol. The van der Waals surface area contributed by atoms with Crippen LogP contribution >= 0.6 is 0 Å². The highest BCUT2D eigenvalue weighted by Crippen LogP contribution is 2.54. The molecular formula is C9H6F12N4O. The number of hydrogen-bond acceptors (Lipinski definition) is 4. The summed E-state index contributed by atoms with van der Waals surface area (Å²) < 4.78 is 156. The Kier molecular flexibility index (Phi) is 5.02. The number of nitrogens with zero attached hydrogens (tertiary/aromatic N) is 1. The molecule has 4 N–H and O–H groups in total. The molecule has 0 radical (unpaired) electrons. The monoisotopic (exact) mass is 414 g/mol. The van der Waals surface area contributed by atoms with E-state index in [2.05, 4.69) is 5.73 Å². The maximum atomic E-state index is 13.1. The molecule has 1 aliphatic heterocycles. The lowest BCUT2D eigenvalue weighted by Gasteiger charge is -2.39. The predicted octanol–water partition coefficient (Wildman–Crippen LogP) is 1.75. The van der Waals surface area contributed by atoms with E-state index in [1.54, 1.807) is 4.99 Å². The van der Waals surface area contributed by atoms with Crippen LogP contribution in [0.25, 0.3) is 0 Å². The molecule has 0 atom stereocenters. The third kappa shape index (κ3) is 3.06. The minimum Gasteiger partial charge on any atom is -0.322 e. The summed E-state index contributed by atoms with van der Waals surface area (Å²) in [5, 5.41) is 0.113. The fourth-order valence-electron chi connectivity index (χ4n) is 1.92. The number of rotatable bonds is 1. The lowest BCUT2D eigenvalue weighted by Crippen LogP contribution is -2.77. The maximum absolute atomic E-state index is 13.1. The summed E-state index contributed by atoms with van der Waals surface area (Å²) in [6.45, 7) is -1.35. The van der Waals surface area contributed by atoms with E-state index in [4.69, 9.17) is 0 Å². The van der Waals surface area contributed by atoms with Crippen LogP contribution in [0.15, 0.2) is 4.99 Å². The molecule has 152 valence electrons. The number of hydrogen-bond donors (Lipinski definition) is 3. The summed E-state index contributed by atoms with van der Waals surface area (Å²) >= 11 is 0. The number of nitrogens with two attached hydrogens (primary N) is 1. The van der Waals surface area contributed by atoms with Crippen molar-refractivity contribution in [2.45, 2.75) is 35.9 Å². The van der Waals surface area contributed by atoms with Crippen molar-refractivity contribution in [3.63, 3.8) is 0 Å². The van der Waals surface area contributed by atoms with Crippen molar-refractivity contribution in [2.24, 2.45) is 10.7 Å². The molecule has 0 saturated carbocycles. The molecule has 0 bridgehead atoms. The van der Waals surface area contributed by atoms with Crippen molar-refractivity contribution in [1.29, 1.82) is 0 Å². The Balaban J connectivity index is 3.89. The number of halogens is 12. The number of carbonyl (C=O) groups excluding carboxylic acids is 1. The number of alkyl halides is 12. The van der Waals surface area contributed by atoms with E-state index in [9.17, 15) is 57.5 Å². The van der Waals surface area contributed by atoms with E-state index in [0.717, 1.165) is 0 Å². The van der Waals surface area contributed by atoms with E-state index >= 15 is 0 Å². The first-order chi connectivity index (χ1) is 11.3. The van der Waals surface area contributed by atoms with E-state index < -0.39 is 59.5 Å². The highest BCUT2D eigenvalue weighted by molar-refractivity contribution is 6.06. The Morgan fingerprint density at radius 1 is 0.885 bits per heavy atom. The van der Waals surface area contributed by atoms with Crippen LogP contribution in [-0.4, -0.2) is 54.2 Å². The molecule has 1 aliphatic rings. The standard InChI is InChI=1S/C9H6F12N4O/c10-6(11,12)4(7(13,14)15)3(23-2(26)1-22)24-5(25-4,8(16,17)18)9(19,20)21/h25H,1,22H2,(H,23,24,26). The quantitative estimate of drug-likeness (QED) is 0.573. The number of amides is 1. The summed E-state index contributed by atoms with van der Waals surface area (Å²) in [6.07, 6.45) is -27.2. The van der Waals surface area contributed by atoms with Crippen LogP contribution in [-0.2, 0) is 4.79 Å². The fourth-order valence-corrected chi connectivity index (χ4v) is 1.92. The first-order valence-corrected chi connectivity index (χ1v) is 5.93. The number of carbonyl (C=O) groups is 1. The molecule has 1 heterocycles. The van der Waals surface area contributed by atoms with E-state index in [1.165, 1.54) is 0 Å². The zero-order valence-electron chi connectivity index (χ0n) is 11.7. The van der Waals surface area contributed by atoms with Crippen molar-refractivity contribution >= 4 is 11.7 Å². The summed E-state index contributed by atoms with van der Waals surface area (Å²) in [5.74, 6) is -4.92. The zero-order valence-corrected chi connectivity index (χ0v) is 11.7. The molecular weight excluding hydrogens is 408 g/mol. The van der Waals surface area contributed by atoms with Crippen molar-refractivity contribution in [3.05, 3.63) is 0 Å². The van der Waals surface area contributed by atoms with Gasteiger partial charge in [0.05, 0.1) is 6.54 Å². The van der Waals surface area contributed by atoms with Gasteiger partial charge < -0.3 is 11.1 Å². The Morgan fingerprint density at radius 2 is 1.27 bits per heavy atom. The maximum Gasteiger partial charge on any atom is 0.436 e. The highest BCUT2D eigenvalue weighted by atomic mass is 19.4. The molecule has 0 fully saturated rings. The number of aliphatic imine (C=N–C) groups is 1. The topological polar surface area (TPSA) is 79.5 Å². The van der Waals surface area contributed by atoms with Gasteiger partial charge in [-0.05, 0) is 0 Å². The molecule has 0 spiro atoms. The molecule has 0 aromatic carbocycles. The molecule has 1 rings (SSSR count). The van der Waals surface area contributed by atoms with Gasteiger partial charge in [0.15, 0.2) is 0 Å². The summed E-state index contributed by atoms with van der Waals surface area (Å²) in [4.78, 5) is 12.5. The van der Waals surface area contributed by atoms with Crippen molar-refractivity contribution in [1.82, 2.24) is 10.6 Å². The molecule has 17 heteroatoms. The zero-order chi connectivity index (χ0) is 21.0. The van der Waals surface area contributed by atoms with Gasteiger partial charge in [0, 0.05) is 0 Å². The number of amidine groups is 1. The smallest absolute Gasteiger partial charge is 0.322 e. The van der Waals surface area contributed by atoms with Gasteiger partial charge in [-0.15, -0.1) is 0 Å². The van der Waals surface area contributed by atoms with Gasteiger partial charge >= 0.3 is 30.4 Å². The van der Waals surface area contributed by atoms with Crippen LogP contribution in [0.1, 0.15) is 0 Å². The van der Waals surface area contributed by atoms with Crippen molar-refractivity contribution < 1.29 is 57.5 Å². The summed E-state index contributed by atoms with van der Waals surface area (Å²) in [7, 11) is 0. The van der Waals surface area contributed by atoms with Gasteiger partial charge in [0.25, 0.3) is 5.54 Å². The molecule has 1 amide bonds. The van der Waals surface area contributed by atoms with Crippen LogP contribution in [0.3, 0.4) is 0 Å². The van der Waals surface area contributed by atoms with Gasteiger partial charge in [-0.25, -0.2) is 10.3 Å². The van der Waals surface area contributed by atoms with Crippen LogP contribution in [0.2, 0.25) is 0 Å². The molecule has 0 saturated heterocycles. The van der Waals surface area contributed by atoms with Gasteiger partial charge in [-0.1, -0.05) is 0 Å². The van der Waals surface area contributed by atoms with Gasteiger partial charge in [0.2, 0.25) is 5.91 Å². The SMILES string of the molecule is NCC(=O)NC1=NC(C(F)(F)F)(C(F)(F)F)NC1(C(F)(F)F)C(F)(F)F. The lowest BCUT2D eigenvalue weighted by atomic mass is 9.95. The molecule has 5 nitrogen and oxygen atoms in total. The Morgan fingerprint density at radius 3 is 1.54 bits per heavy atom.